The Kier molecular flexibility index (Phi) is 7.82. The molecule has 0 spiro atoms. The van der Waals surface area contributed by atoms with E-state index in [0.717, 1.165) is 25.1 Å². The molecule has 2 aromatic carbocycles. The maximum absolute atomic E-state index is 10.4. The van der Waals surface area contributed by atoms with Crippen LogP contribution in [-0.2, 0) is 19.5 Å². The molecule has 6 heteroatoms. The van der Waals surface area contributed by atoms with Gasteiger partial charge in [0.05, 0.1) is 19.3 Å². The molecule has 1 aliphatic rings. The van der Waals surface area contributed by atoms with Gasteiger partial charge < -0.3 is 25.4 Å². The van der Waals surface area contributed by atoms with Gasteiger partial charge in [-0.25, -0.2) is 0 Å². The summed E-state index contributed by atoms with van der Waals surface area (Å²) in [6.07, 6.45) is 0.434. The van der Waals surface area contributed by atoms with Crippen LogP contribution in [-0.4, -0.2) is 65.3 Å². The van der Waals surface area contributed by atoms with Gasteiger partial charge in [-0.3, -0.25) is 4.90 Å². The number of aliphatic hydroxyl groups is 3. The molecule has 6 nitrogen and oxygen atoms in total. The largest absolute Gasteiger partial charge is 0.491 e. The first kappa shape index (κ1) is 20.8. The smallest absolute Gasteiger partial charge is 0.123 e. The number of fused-ring (bicyclic) bond motifs is 1. The molecule has 0 aromatic heterocycles. The fourth-order valence-electron chi connectivity index (χ4n) is 3.48. The number of nitrogens with one attached hydrogen (secondary N) is 1. The van der Waals surface area contributed by atoms with E-state index in [-0.39, 0.29) is 25.9 Å². The molecule has 1 heterocycles. The quantitative estimate of drug-likeness (QED) is 0.486. The molecule has 1 atom stereocenters. The van der Waals surface area contributed by atoms with Crippen LogP contribution in [0.5, 0.6) is 5.75 Å². The maximum Gasteiger partial charge on any atom is 0.123 e. The molecule has 1 aliphatic heterocycles. The first-order valence-corrected chi connectivity index (χ1v) is 9.82. The number of β-amino-alcohol motifs (C(OH)–C–C–N with tert-alkyl or cyclic N) is 1. The predicted octanol–water partition coefficient (Wildman–Crippen LogP) is 0.927. The highest BCUT2D eigenvalue weighted by Crippen LogP contribution is 2.20. The van der Waals surface area contributed by atoms with E-state index in [1.165, 1.54) is 11.1 Å². The second kappa shape index (κ2) is 10.5. The maximum atomic E-state index is 10.4. The second-order valence-corrected chi connectivity index (χ2v) is 7.27. The fourth-order valence-corrected chi connectivity index (χ4v) is 3.48. The lowest BCUT2D eigenvalue weighted by atomic mass is 10.00. The third-order valence-electron chi connectivity index (χ3n) is 5.10. The molecule has 0 saturated carbocycles. The Balaban J connectivity index is 1.49. The number of hydrogen-bond acceptors (Lipinski definition) is 6. The highest BCUT2D eigenvalue weighted by molar-refractivity contribution is 5.33. The van der Waals surface area contributed by atoms with E-state index in [0.29, 0.717) is 18.8 Å². The van der Waals surface area contributed by atoms with E-state index in [4.69, 9.17) is 4.74 Å². The number of para-hydroxylation sites is 1. The van der Waals surface area contributed by atoms with Gasteiger partial charge in [0, 0.05) is 31.7 Å². The Hall–Kier alpha value is -1.96. The van der Waals surface area contributed by atoms with E-state index < -0.39 is 6.10 Å². The van der Waals surface area contributed by atoms with Crippen LogP contribution in [0.1, 0.15) is 16.7 Å². The van der Waals surface area contributed by atoms with Crippen molar-refractivity contribution in [2.45, 2.75) is 31.7 Å². The van der Waals surface area contributed by atoms with Crippen molar-refractivity contribution in [1.82, 2.24) is 10.2 Å². The summed E-state index contributed by atoms with van der Waals surface area (Å²) < 4.78 is 5.87. The van der Waals surface area contributed by atoms with E-state index >= 15 is 0 Å². The van der Waals surface area contributed by atoms with Crippen LogP contribution in [0.25, 0.3) is 0 Å². The van der Waals surface area contributed by atoms with Gasteiger partial charge in [-0.15, -0.1) is 0 Å². The number of ether oxygens (including phenoxy) is 1. The molecule has 2 aromatic rings. The molecule has 3 rings (SSSR count). The van der Waals surface area contributed by atoms with Gasteiger partial charge in [-0.05, 0) is 23.6 Å². The van der Waals surface area contributed by atoms with E-state index in [1.54, 1.807) is 0 Å². The molecule has 0 aliphatic carbocycles. The van der Waals surface area contributed by atoms with Crippen LogP contribution in [0.15, 0.2) is 48.5 Å². The molecule has 152 valence electrons. The van der Waals surface area contributed by atoms with Crippen LogP contribution in [0, 0.1) is 0 Å². The van der Waals surface area contributed by atoms with Crippen molar-refractivity contribution in [3.05, 3.63) is 65.2 Å². The molecule has 0 amide bonds. The van der Waals surface area contributed by atoms with Crippen molar-refractivity contribution in [3.8, 4) is 5.75 Å². The summed E-state index contributed by atoms with van der Waals surface area (Å²) >= 11 is 0. The first-order chi connectivity index (χ1) is 13.7. The Morgan fingerprint density at radius 3 is 2.50 bits per heavy atom. The fraction of sp³-hybridized carbons (Fsp3) is 0.455. The summed E-state index contributed by atoms with van der Waals surface area (Å²) in [6, 6.07) is 15.7. The summed E-state index contributed by atoms with van der Waals surface area (Å²) in [5.74, 6) is 0.702. The summed E-state index contributed by atoms with van der Waals surface area (Å²) in [5.41, 5.74) is 3.66. The van der Waals surface area contributed by atoms with Gasteiger partial charge >= 0.3 is 0 Å². The Morgan fingerprint density at radius 2 is 1.71 bits per heavy atom. The van der Waals surface area contributed by atoms with Gasteiger partial charge in [0.1, 0.15) is 18.5 Å². The normalized spacial score (nSPS) is 15.4. The van der Waals surface area contributed by atoms with E-state index in [2.05, 4.69) is 34.5 Å². The number of nitrogens with zero attached hydrogens (tertiary/aromatic N) is 1. The molecular formula is C22H30N2O4. The lowest BCUT2D eigenvalue weighted by molar-refractivity contribution is 0.0634. The van der Waals surface area contributed by atoms with Gasteiger partial charge in [0.25, 0.3) is 0 Å². The number of hydrogen-bond donors (Lipinski definition) is 4. The molecule has 0 bridgehead atoms. The highest BCUT2D eigenvalue weighted by Gasteiger charge is 2.19. The molecule has 4 N–H and O–H groups in total. The van der Waals surface area contributed by atoms with E-state index in [9.17, 15) is 15.3 Å². The second-order valence-electron chi connectivity index (χ2n) is 7.27. The number of aliphatic hydroxyl groups excluding tert-OH is 3. The van der Waals surface area contributed by atoms with Crippen LogP contribution in [0.2, 0.25) is 0 Å². The van der Waals surface area contributed by atoms with Crippen molar-refractivity contribution >= 4 is 0 Å². The van der Waals surface area contributed by atoms with Gasteiger partial charge in [-0.1, -0.05) is 42.5 Å². The van der Waals surface area contributed by atoms with Crippen molar-refractivity contribution in [2.75, 3.05) is 32.9 Å². The number of rotatable bonds is 10. The Morgan fingerprint density at radius 1 is 1.00 bits per heavy atom. The zero-order valence-corrected chi connectivity index (χ0v) is 16.1. The molecular weight excluding hydrogens is 356 g/mol. The van der Waals surface area contributed by atoms with Crippen LogP contribution >= 0.6 is 0 Å². The molecule has 0 radical (unpaired) electrons. The summed E-state index contributed by atoms with van der Waals surface area (Å²) in [7, 11) is 0. The standard InChI is InChI=1S/C22H30N2O4/c25-14-20(15-26)23-11-18-6-3-4-8-22(18)28-16-21(27)13-24-10-9-17-5-1-2-7-19(17)12-24/h1-8,20-21,23,25-27H,9-16H2. The predicted molar refractivity (Wildman–Crippen MR) is 108 cm³/mol. The van der Waals surface area contributed by atoms with Gasteiger partial charge in [0.2, 0.25) is 0 Å². The molecule has 0 saturated heterocycles. The molecule has 28 heavy (non-hydrogen) atoms. The van der Waals surface area contributed by atoms with Crippen molar-refractivity contribution < 1.29 is 20.1 Å². The minimum atomic E-state index is -0.575. The average Bonchev–Trinajstić information content (AvgIpc) is 2.73. The molecule has 1 unspecified atom stereocenters. The van der Waals surface area contributed by atoms with Crippen LogP contribution in [0.3, 0.4) is 0 Å². The monoisotopic (exact) mass is 386 g/mol. The Bertz CT molecular complexity index is 736. The topological polar surface area (TPSA) is 85.2 Å². The zero-order chi connectivity index (χ0) is 19.8. The van der Waals surface area contributed by atoms with E-state index in [1.807, 2.05) is 24.3 Å². The summed E-state index contributed by atoms with van der Waals surface area (Å²) in [6.45, 7) is 2.82. The summed E-state index contributed by atoms with van der Waals surface area (Å²) in [4.78, 5) is 2.26. The van der Waals surface area contributed by atoms with Crippen LogP contribution in [0.4, 0.5) is 0 Å². The summed E-state index contributed by atoms with van der Waals surface area (Å²) in [5, 5.41) is 31.9. The first-order valence-electron chi connectivity index (χ1n) is 9.82. The minimum Gasteiger partial charge on any atom is -0.491 e. The SMILES string of the molecule is OCC(CO)NCc1ccccc1OCC(O)CN1CCc2ccccc2C1. The van der Waals surface area contributed by atoms with Gasteiger partial charge in [0.15, 0.2) is 0 Å². The average molecular weight is 386 g/mol. The van der Waals surface area contributed by atoms with Gasteiger partial charge in [-0.2, -0.15) is 0 Å². The third-order valence-corrected chi connectivity index (χ3v) is 5.10. The lowest BCUT2D eigenvalue weighted by Gasteiger charge is -2.30. The molecule has 0 fully saturated rings. The van der Waals surface area contributed by atoms with Crippen molar-refractivity contribution in [2.24, 2.45) is 0 Å². The number of benzene rings is 2. The minimum absolute atomic E-state index is 0.128. The Labute approximate surface area is 166 Å². The lowest BCUT2D eigenvalue weighted by Crippen LogP contribution is -2.39. The van der Waals surface area contributed by atoms with Crippen LogP contribution < -0.4 is 10.1 Å². The third kappa shape index (κ3) is 5.77. The van der Waals surface area contributed by atoms with Crippen molar-refractivity contribution in [3.63, 3.8) is 0 Å². The van der Waals surface area contributed by atoms with Crippen molar-refractivity contribution in [1.29, 1.82) is 0 Å². The zero-order valence-electron chi connectivity index (χ0n) is 16.1. The highest BCUT2D eigenvalue weighted by atomic mass is 16.5.